The molecule has 0 aromatic carbocycles. The largest absolute Gasteiger partial charge is 0.476 e. The first kappa shape index (κ1) is 9.97. The number of aromatic carboxylic acids is 1. The maximum atomic E-state index is 10.3. The van der Waals surface area contributed by atoms with Gasteiger partial charge in [0.1, 0.15) is 0 Å². The van der Waals surface area contributed by atoms with Gasteiger partial charge in [0.05, 0.1) is 0 Å². The molecule has 0 fully saturated rings. The molecule has 0 aliphatic rings. The van der Waals surface area contributed by atoms with Crippen LogP contribution in [0.2, 0.25) is 0 Å². The zero-order valence-electron chi connectivity index (χ0n) is 6.24. The highest BCUT2D eigenvalue weighted by Crippen LogP contribution is 1.99. The lowest BCUT2D eigenvalue weighted by Gasteiger charge is -1.87. The molecule has 11 heavy (non-hydrogen) atoms. The normalized spacial score (nSPS) is 8.91. The van der Waals surface area contributed by atoms with Gasteiger partial charge in [0.2, 0.25) is 0 Å². The van der Waals surface area contributed by atoms with Gasteiger partial charge in [-0.1, -0.05) is 0 Å². The number of carboxylic acids is 1. The lowest BCUT2D eigenvalue weighted by molar-refractivity contribution is 0.0689. The summed E-state index contributed by atoms with van der Waals surface area (Å²) in [7, 11) is 1.71. The first-order valence-corrected chi connectivity index (χ1v) is 2.85. The van der Waals surface area contributed by atoms with Gasteiger partial charge in [-0.25, -0.2) is 4.79 Å². The molecule has 5 heteroatoms. The van der Waals surface area contributed by atoms with E-state index in [1.54, 1.807) is 14.0 Å². The van der Waals surface area contributed by atoms with Crippen LogP contribution in [0.3, 0.4) is 0 Å². The van der Waals surface area contributed by atoms with E-state index in [4.69, 9.17) is 5.11 Å². The maximum absolute atomic E-state index is 10.3. The average molecular weight is 177 g/mol. The van der Waals surface area contributed by atoms with Crippen LogP contribution in [-0.2, 0) is 7.05 Å². The second kappa shape index (κ2) is 3.39. The van der Waals surface area contributed by atoms with Crippen molar-refractivity contribution in [3.8, 4) is 0 Å². The Morgan fingerprint density at radius 1 is 1.73 bits per heavy atom. The van der Waals surface area contributed by atoms with Crippen LogP contribution < -0.4 is 0 Å². The lowest BCUT2D eigenvalue weighted by Crippen LogP contribution is -1.99. The minimum atomic E-state index is -0.983. The average Bonchev–Trinajstić information content (AvgIpc) is 2.13. The van der Waals surface area contributed by atoms with Crippen LogP contribution >= 0.6 is 12.4 Å². The molecule has 0 radical (unpaired) electrons. The number of carboxylic acid groups (broad SMARTS) is 1. The summed E-state index contributed by atoms with van der Waals surface area (Å²) in [5, 5.41) is 12.2. The molecule has 4 nitrogen and oxygen atoms in total. The van der Waals surface area contributed by atoms with Crippen molar-refractivity contribution in [3.05, 3.63) is 17.5 Å². The molecule has 1 aromatic rings. The quantitative estimate of drug-likeness (QED) is 0.690. The number of nitrogens with zero attached hydrogens (tertiary/aromatic N) is 2. The summed E-state index contributed by atoms with van der Waals surface area (Å²) < 4.78 is 1.53. The second-order valence-electron chi connectivity index (χ2n) is 2.10. The molecule has 0 bridgehead atoms. The number of rotatable bonds is 1. The van der Waals surface area contributed by atoms with E-state index in [-0.39, 0.29) is 18.1 Å². The maximum Gasteiger partial charge on any atom is 0.356 e. The molecule has 1 heterocycles. The molecule has 0 aliphatic heterocycles. The van der Waals surface area contributed by atoms with Crippen molar-refractivity contribution >= 4 is 18.4 Å². The molecular formula is C6H9ClN2O2. The van der Waals surface area contributed by atoms with Crippen LogP contribution in [0, 0.1) is 6.92 Å². The van der Waals surface area contributed by atoms with E-state index in [2.05, 4.69) is 5.10 Å². The Labute approximate surface area is 70.2 Å². The first-order valence-electron chi connectivity index (χ1n) is 2.85. The number of carbonyl (C=O) groups is 1. The molecule has 1 aromatic heterocycles. The van der Waals surface area contributed by atoms with Gasteiger partial charge in [-0.2, -0.15) is 5.10 Å². The predicted octanol–water partition coefficient (Wildman–Crippen LogP) is 0.849. The van der Waals surface area contributed by atoms with E-state index in [0.29, 0.717) is 0 Å². The molecule has 0 aliphatic carbocycles. The third kappa shape index (κ3) is 1.94. The standard InChI is InChI=1S/C6H8N2O2.ClH/c1-4-3-5(6(9)10)7-8(4)2;/h3H,1-2H3,(H,9,10);1H. The third-order valence-corrected chi connectivity index (χ3v) is 1.33. The Bertz CT molecular complexity index is 250. The first-order chi connectivity index (χ1) is 4.61. The zero-order valence-corrected chi connectivity index (χ0v) is 7.05. The van der Waals surface area contributed by atoms with Crippen molar-refractivity contribution in [1.29, 1.82) is 0 Å². The van der Waals surface area contributed by atoms with E-state index in [9.17, 15) is 4.79 Å². The van der Waals surface area contributed by atoms with Crippen LogP contribution in [0.5, 0.6) is 0 Å². The highest BCUT2D eigenvalue weighted by molar-refractivity contribution is 5.85. The summed E-state index contributed by atoms with van der Waals surface area (Å²) >= 11 is 0. The monoisotopic (exact) mass is 176 g/mol. The summed E-state index contributed by atoms with van der Waals surface area (Å²) in [5.74, 6) is -0.983. The van der Waals surface area contributed by atoms with Crippen LogP contribution in [0.15, 0.2) is 6.07 Å². The van der Waals surface area contributed by atoms with Crippen LogP contribution in [0.25, 0.3) is 0 Å². The van der Waals surface area contributed by atoms with Crippen molar-refractivity contribution in [3.63, 3.8) is 0 Å². The number of hydrogen-bond acceptors (Lipinski definition) is 2. The fourth-order valence-corrected chi connectivity index (χ4v) is 0.665. The Hall–Kier alpha value is -1.03. The minimum absolute atomic E-state index is 0. The van der Waals surface area contributed by atoms with E-state index in [1.807, 2.05) is 0 Å². The summed E-state index contributed by atoms with van der Waals surface area (Å²) in [5.41, 5.74) is 0.942. The van der Waals surface area contributed by atoms with Crippen LogP contribution in [0.1, 0.15) is 16.2 Å². The Morgan fingerprint density at radius 3 is 2.45 bits per heavy atom. The van der Waals surface area contributed by atoms with Gasteiger partial charge >= 0.3 is 5.97 Å². The Morgan fingerprint density at radius 2 is 2.27 bits per heavy atom. The SMILES string of the molecule is Cc1cc(C(=O)O)nn1C.Cl. The van der Waals surface area contributed by atoms with Crippen molar-refractivity contribution in [1.82, 2.24) is 9.78 Å². The summed E-state index contributed by atoms with van der Waals surface area (Å²) in [6.07, 6.45) is 0. The third-order valence-electron chi connectivity index (χ3n) is 1.33. The van der Waals surface area contributed by atoms with Gasteiger partial charge in [0.15, 0.2) is 5.69 Å². The van der Waals surface area contributed by atoms with E-state index >= 15 is 0 Å². The van der Waals surface area contributed by atoms with Crippen LogP contribution in [0.4, 0.5) is 0 Å². The van der Waals surface area contributed by atoms with E-state index in [0.717, 1.165) is 5.69 Å². The summed E-state index contributed by atoms with van der Waals surface area (Å²) in [6.45, 7) is 1.80. The molecular weight excluding hydrogens is 168 g/mol. The second-order valence-corrected chi connectivity index (χ2v) is 2.10. The fraction of sp³-hybridized carbons (Fsp3) is 0.333. The highest BCUT2D eigenvalue weighted by Gasteiger charge is 2.06. The van der Waals surface area contributed by atoms with Crippen molar-refractivity contribution in [2.45, 2.75) is 6.92 Å². The predicted molar refractivity (Wildman–Crippen MR) is 42.2 cm³/mol. The van der Waals surface area contributed by atoms with Crippen molar-refractivity contribution < 1.29 is 9.90 Å². The molecule has 0 saturated heterocycles. The summed E-state index contributed by atoms with van der Waals surface area (Å²) in [4.78, 5) is 10.3. The van der Waals surface area contributed by atoms with Gasteiger partial charge in [-0.05, 0) is 13.0 Å². The molecule has 62 valence electrons. The summed E-state index contributed by atoms with van der Waals surface area (Å²) in [6, 6.07) is 1.53. The van der Waals surface area contributed by atoms with Crippen molar-refractivity contribution in [2.24, 2.45) is 7.05 Å². The highest BCUT2D eigenvalue weighted by atomic mass is 35.5. The molecule has 0 atom stereocenters. The fourth-order valence-electron chi connectivity index (χ4n) is 0.665. The number of hydrogen-bond donors (Lipinski definition) is 1. The van der Waals surface area contributed by atoms with Gasteiger partial charge in [-0.15, -0.1) is 12.4 Å². The lowest BCUT2D eigenvalue weighted by atomic mass is 10.4. The molecule has 0 spiro atoms. The van der Waals surface area contributed by atoms with Crippen LogP contribution in [-0.4, -0.2) is 20.9 Å². The Balaban J connectivity index is 0.000001000. The van der Waals surface area contributed by atoms with E-state index < -0.39 is 5.97 Å². The molecule has 0 unspecified atom stereocenters. The van der Waals surface area contributed by atoms with Gasteiger partial charge in [0, 0.05) is 12.7 Å². The Kier molecular flexibility index (Phi) is 3.07. The van der Waals surface area contributed by atoms with Gasteiger partial charge < -0.3 is 5.11 Å². The smallest absolute Gasteiger partial charge is 0.356 e. The van der Waals surface area contributed by atoms with Gasteiger partial charge in [-0.3, -0.25) is 4.68 Å². The molecule has 1 N–H and O–H groups in total. The topological polar surface area (TPSA) is 55.1 Å². The molecule has 0 amide bonds. The number of aromatic nitrogens is 2. The molecule has 1 rings (SSSR count). The van der Waals surface area contributed by atoms with Gasteiger partial charge in [0.25, 0.3) is 0 Å². The van der Waals surface area contributed by atoms with E-state index in [1.165, 1.54) is 10.7 Å². The minimum Gasteiger partial charge on any atom is -0.476 e. The number of aryl methyl sites for hydroxylation is 2. The molecule has 0 saturated carbocycles. The number of halogens is 1. The van der Waals surface area contributed by atoms with Crippen molar-refractivity contribution in [2.75, 3.05) is 0 Å². The zero-order chi connectivity index (χ0) is 7.72.